The van der Waals surface area contributed by atoms with Crippen LogP contribution >= 0.6 is 11.8 Å². The molecule has 0 aliphatic heterocycles. The highest BCUT2D eigenvalue weighted by Gasteiger charge is 2.57. The third-order valence-corrected chi connectivity index (χ3v) is 8.55. The van der Waals surface area contributed by atoms with E-state index >= 15 is 0 Å². The van der Waals surface area contributed by atoms with Crippen LogP contribution in [0.4, 0.5) is 0 Å². The Morgan fingerprint density at radius 1 is 1.25 bits per heavy atom. The lowest BCUT2D eigenvalue weighted by Crippen LogP contribution is -2.45. The van der Waals surface area contributed by atoms with E-state index in [0.29, 0.717) is 24.8 Å². The number of aliphatic hydroxyl groups excluding tert-OH is 3. The molecule has 5 unspecified atom stereocenters. The molecule has 6 heteroatoms. The van der Waals surface area contributed by atoms with Crippen LogP contribution in [0.15, 0.2) is 35.5 Å². The summed E-state index contributed by atoms with van der Waals surface area (Å²) in [5.74, 6) is -0.213. The molecule has 3 aliphatic rings. The molecule has 32 heavy (non-hydrogen) atoms. The molecule has 0 amide bonds. The zero-order valence-electron chi connectivity index (χ0n) is 20.1. The number of allylic oxidation sites excluding steroid dienone is 3. The Bertz CT molecular complexity index is 795. The summed E-state index contributed by atoms with van der Waals surface area (Å²) in [5, 5.41) is 30.9. The SMILES string of the molecule is C=C1C(=CC=C2CCC[C@]3(C)C(C(SC)C(=O)OC(C)(C)C)C(O)C[C@@H]23)CC(O)CC1O. The van der Waals surface area contributed by atoms with Gasteiger partial charge in [-0.05, 0) is 81.6 Å². The molecule has 5 nitrogen and oxygen atoms in total. The first-order valence-corrected chi connectivity index (χ1v) is 13.0. The highest BCUT2D eigenvalue weighted by atomic mass is 32.2. The molecule has 3 fully saturated rings. The number of carbonyl (C=O) groups is 1. The standard InChI is InChI=1S/C26H40O5S/c1-15-17(12-18(27)13-20(15)28)10-9-16-8-7-11-26(5)19(16)14-21(29)22(26)23(32-6)24(30)31-25(2,3)4/h9-10,18-23,27-29H,1,7-8,11-14H2,2-6H3/t18?,19-,20?,21?,22?,23?,26-/m0/s1. The minimum absolute atomic E-state index is 0.165. The lowest BCUT2D eigenvalue weighted by atomic mass is 9.62. The molecule has 0 bridgehead atoms. The van der Waals surface area contributed by atoms with Gasteiger partial charge >= 0.3 is 5.97 Å². The van der Waals surface area contributed by atoms with Gasteiger partial charge in [-0.1, -0.05) is 31.2 Å². The molecule has 7 atom stereocenters. The zero-order valence-corrected chi connectivity index (χ0v) is 21.0. The molecule has 180 valence electrons. The maximum atomic E-state index is 13.0. The summed E-state index contributed by atoms with van der Waals surface area (Å²) in [6, 6.07) is 0. The first-order chi connectivity index (χ1) is 14.9. The Morgan fingerprint density at radius 3 is 2.56 bits per heavy atom. The molecular weight excluding hydrogens is 424 g/mol. The van der Waals surface area contributed by atoms with Crippen molar-refractivity contribution in [2.24, 2.45) is 17.3 Å². The zero-order chi connectivity index (χ0) is 23.8. The first-order valence-electron chi connectivity index (χ1n) is 11.8. The molecule has 3 saturated carbocycles. The molecule has 0 aromatic rings. The smallest absolute Gasteiger partial charge is 0.319 e. The number of ether oxygens (including phenoxy) is 1. The van der Waals surface area contributed by atoms with E-state index in [1.807, 2.05) is 33.1 Å². The number of hydrogen-bond acceptors (Lipinski definition) is 6. The largest absolute Gasteiger partial charge is 0.459 e. The van der Waals surface area contributed by atoms with E-state index in [2.05, 4.69) is 19.6 Å². The van der Waals surface area contributed by atoms with E-state index in [1.165, 1.54) is 17.3 Å². The maximum absolute atomic E-state index is 13.0. The Labute approximate surface area is 197 Å². The van der Waals surface area contributed by atoms with E-state index < -0.39 is 29.2 Å². The number of carbonyl (C=O) groups excluding carboxylic acids is 1. The van der Waals surface area contributed by atoms with Crippen LogP contribution in [0.3, 0.4) is 0 Å². The number of esters is 1. The predicted molar refractivity (Wildman–Crippen MR) is 129 cm³/mol. The number of thioether (sulfide) groups is 1. The predicted octanol–water partition coefficient (Wildman–Crippen LogP) is 4.17. The van der Waals surface area contributed by atoms with E-state index in [1.54, 1.807) is 0 Å². The van der Waals surface area contributed by atoms with Crippen LogP contribution < -0.4 is 0 Å². The Kier molecular flexibility index (Phi) is 7.70. The van der Waals surface area contributed by atoms with Gasteiger partial charge < -0.3 is 20.1 Å². The summed E-state index contributed by atoms with van der Waals surface area (Å²) in [7, 11) is 0. The highest BCUT2D eigenvalue weighted by molar-refractivity contribution is 7.99. The number of hydrogen-bond donors (Lipinski definition) is 3. The van der Waals surface area contributed by atoms with Crippen molar-refractivity contribution in [2.45, 2.75) is 95.4 Å². The molecule has 0 heterocycles. The van der Waals surface area contributed by atoms with Gasteiger partial charge in [-0.3, -0.25) is 4.79 Å². The summed E-state index contributed by atoms with van der Waals surface area (Å²) in [6.45, 7) is 11.9. The van der Waals surface area contributed by atoms with Crippen molar-refractivity contribution in [3.8, 4) is 0 Å². The van der Waals surface area contributed by atoms with Crippen LogP contribution in [0, 0.1) is 17.3 Å². The number of rotatable bonds is 4. The van der Waals surface area contributed by atoms with E-state index in [-0.39, 0.29) is 23.2 Å². The summed E-state index contributed by atoms with van der Waals surface area (Å²) in [5.41, 5.74) is 2.11. The van der Waals surface area contributed by atoms with Crippen molar-refractivity contribution < 1.29 is 24.9 Å². The summed E-state index contributed by atoms with van der Waals surface area (Å²) < 4.78 is 5.71. The Balaban J connectivity index is 1.87. The van der Waals surface area contributed by atoms with Crippen LogP contribution in [-0.2, 0) is 9.53 Å². The van der Waals surface area contributed by atoms with Crippen molar-refractivity contribution in [1.82, 2.24) is 0 Å². The molecule has 0 saturated heterocycles. The van der Waals surface area contributed by atoms with Crippen LogP contribution in [0.25, 0.3) is 0 Å². The van der Waals surface area contributed by atoms with Gasteiger partial charge in [0.15, 0.2) is 0 Å². The Morgan fingerprint density at radius 2 is 1.94 bits per heavy atom. The van der Waals surface area contributed by atoms with Crippen LogP contribution in [0.1, 0.15) is 66.2 Å². The van der Waals surface area contributed by atoms with Gasteiger partial charge in [0.2, 0.25) is 0 Å². The van der Waals surface area contributed by atoms with Gasteiger partial charge in [0.05, 0.1) is 18.3 Å². The lowest BCUT2D eigenvalue weighted by Gasteiger charge is -2.44. The topological polar surface area (TPSA) is 87.0 Å². The van der Waals surface area contributed by atoms with Crippen molar-refractivity contribution in [3.63, 3.8) is 0 Å². The van der Waals surface area contributed by atoms with Gasteiger partial charge in [0.25, 0.3) is 0 Å². The van der Waals surface area contributed by atoms with Crippen LogP contribution in [0.2, 0.25) is 0 Å². The van der Waals surface area contributed by atoms with Gasteiger partial charge in [-0.25, -0.2) is 0 Å². The number of fused-ring (bicyclic) bond motifs is 1. The second kappa shape index (κ2) is 9.65. The second-order valence-corrected chi connectivity index (χ2v) is 12.0. The molecule has 3 N–H and O–H groups in total. The normalized spacial score (nSPS) is 39.2. The van der Waals surface area contributed by atoms with Crippen molar-refractivity contribution >= 4 is 17.7 Å². The highest BCUT2D eigenvalue weighted by Crippen LogP contribution is 2.59. The van der Waals surface area contributed by atoms with E-state index in [4.69, 9.17) is 4.74 Å². The fourth-order valence-corrected chi connectivity index (χ4v) is 7.08. The molecule has 0 radical (unpaired) electrons. The first kappa shape index (κ1) is 25.5. The average Bonchev–Trinajstić information content (AvgIpc) is 2.94. The molecule has 0 aromatic carbocycles. The lowest BCUT2D eigenvalue weighted by molar-refractivity contribution is -0.157. The monoisotopic (exact) mass is 464 g/mol. The van der Waals surface area contributed by atoms with Crippen LogP contribution in [-0.4, -0.2) is 56.7 Å². The van der Waals surface area contributed by atoms with Gasteiger partial charge in [-0.2, -0.15) is 0 Å². The minimum Gasteiger partial charge on any atom is -0.459 e. The maximum Gasteiger partial charge on any atom is 0.319 e. The van der Waals surface area contributed by atoms with E-state index in [9.17, 15) is 20.1 Å². The van der Waals surface area contributed by atoms with Crippen LogP contribution in [0.5, 0.6) is 0 Å². The Hall–Kier alpha value is -1.08. The summed E-state index contributed by atoms with van der Waals surface area (Å²) in [6.07, 6.45) is 8.63. The van der Waals surface area contributed by atoms with Crippen molar-refractivity contribution in [2.75, 3.05) is 6.26 Å². The fraction of sp³-hybridized carbons (Fsp3) is 0.731. The third-order valence-electron chi connectivity index (χ3n) is 7.56. The molecule has 0 spiro atoms. The third kappa shape index (κ3) is 5.19. The van der Waals surface area contributed by atoms with Gasteiger partial charge in [0.1, 0.15) is 10.9 Å². The number of aliphatic hydroxyl groups is 3. The van der Waals surface area contributed by atoms with Gasteiger partial charge in [0, 0.05) is 12.3 Å². The summed E-state index contributed by atoms with van der Waals surface area (Å²) in [4.78, 5) is 13.0. The van der Waals surface area contributed by atoms with Gasteiger partial charge in [-0.15, -0.1) is 11.8 Å². The molecular formula is C26H40O5S. The quantitative estimate of drug-likeness (QED) is 0.541. The molecule has 3 aliphatic carbocycles. The average molecular weight is 465 g/mol. The summed E-state index contributed by atoms with van der Waals surface area (Å²) >= 11 is 1.48. The van der Waals surface area contributed by atoms with E-state index in [0.717, 1.165) is 24.8 Å². The fourth-order valence-electron chi connectivity index (χ4n) is 6.05. The van der Waals surface area contributed by atoms with Crippen molar-refractivity contribution in [1.29, 1.82) is 0 Å². The minimum atomic E-state index is -0.700. The second-order valence-electron chi connectivity index (χ2n) is 11.0. The molecule has 3 rings (SSSR count). The van der Waals surface area contributed by atoms with Crippen molar-refractivity contribution in [3.05, 3.63) is 35.5 Å². The molecule has 0 aromatic heterocycles.